The molecule has 0 fully saturated rings. The molecule has 0 aliphatic heterocycles. The van der Waals surface area contributed by atoms with Crippen molar-refractivity contribution in [3.05, 3.63) is 77.0 Å². The van der Waals surface area contributed by atoms with Gasteiger partial charge in [0.2, 0.25) is 0 Å². The summed E-state index contributed by atoms with van der Waals surface area (Å²) in [7, 11) is 3.31. The minimum atomic E-state index is -0.393. The summed E-state index contributed by atoms with van der Waals surface area (Å²) >= 11 is 0. The lowest BCUT2D eigenvalue weighted by Gasteiger charge is -2.17. The lowest BCUT2D eigenvalue weighted by atomic mass is 10.1. The van der Waals surface area contributed by atoms with Gasteiger partial charge in [0.25, 0.3) is 5.91 Å². The molecule has 0 unspecified atom stereocenters. The van der Waals surface area contributed by atoms with E-state index in [2.05, 4.69) is 15.3 Å². The standard InChI is InChI=1S/C31H40FN5O4.H2/c1-21-15-22(10-13-40-20-35-24(18-33)19-36-31(2,3)4)26(32)17-29(21)41-28-9-11-34-27-8-7-23(16-25(27)28)30(38)37(5)12-14-39-6;/h7-9,11,15-19,35H,10,12-14,20,33H2,1-6H3;1H/b24-18+,36-19?;. The van der Waals surface area contributed by atoms with Crippen LogP contribution in [-0.2, 0) is 15.9 Å². The van der Waals surface area contributed by atoms with Gasteiger partial charge in [0, 0.05) is 57.8 Å². The molecule has 0 saturated heterocycles. The molecule has 3 N–H and O–H groups in total. The zero-order valence-electron chi connectivity index (χ0n) is 24.7. The number of hydrogen-bond acceptors (Lipinski definition) is 8. The maximum absolute atomic E-state index is 15.0. The summed E-state index contributed by atoms with van der Waals surface area (Å²) in [4.78, 5) is 23.2. The van der Waals surface area contributed by atoms with Crippen LogP contribution in [0.4, 0.5) is 4.39 Å². The van der Waals surface area contributed by atoms with Gasteiger partial charge in [0.15, 0.2) is 0 Å². The molecule has 10 heteroatoms. The van der Waals surface area contributed by atoms with E-state index in [0.717, 1.165) is 5.56 Å². The summed E-state index contributed by atoms with van der Waals surface area (Å²) in [6.07, 6.45) is 5.09. The third-order valence-electron chi connectivity index (χ3n) is 6.15. The van der Waals surface area contributed by atoms with Crippen LogP contribution >= 0.6 is 0 Å². The maximum atomic E-state index is 15.0. The molecule has 3 rings (SSSR count). The largest absolute Gasteiger partial charge is 0.456 e. The molecule has 0 atom stereocenters. The van der Waals surface area contributed by atoms with Gasteiger partial charge in [-0.05, 0) is 75.6 Å². The second kappa shape index (κ2) is 14.6. The van der Waals surface area contributed by atoms with E-state index in [1.807, 2.05) is 27.7 Å². The molecule has 9 nitrogen and oxygen atoms in total. The predicted octanol–water partition coefficient (Wildman–Crippen LogP) is 5.21. The van der Waals surface area contributed by atoms with Crippen LogP contribution in [0, 0.1) is 12.7 Å². The molecule has 1 heterocycles. The van der Waals surface area contributed by atoms with Gasteiger partial charge in [0.05, 0.1) is 30.0 Å². The molecule has 0 spiro atoms. The van der Waals surface area contributed by atoms with Gasteiger partial charge in [-0.15, -0.1) is 0 Å². The van der Waals surface area contributed by atoms with Crippen LogP contribution in [-0.4, -0.2) is 68.2 Å². The Bertz CT molecular complexity index is 1410. The first kappa shape index (κ1) is 31.5. The van der Waals surface area contributed by atoms with Crippen molar-refractivity contribution >= 4 is 23.0 Å². The van der Waals surface area contributed by atoms with Crippen LogP contribution in [0.1, 0.15) is 43.7 Å². The van der Waals surface area contributed by atoms with Crippen molar-refractivity contribution < 1.29 is 24.8 Å². The highest BCUT2D eigenvalue weighted by molar-refractivity contribution is 5.99. The second-order valence-corrected chi connectivity index (χ2v) is 10.6. The minimum absolute atomic E-state index is 0. The highest BCUT2D eigenvalue weighted by Crippen LogP contribution is 2.33. The minimum Gasteiger partial charge on any atom is -0.456 e. The van der Waals surface area contributed by atoms with Crippen molar-refractivity contribution in [1.82, 2.24) is 15.2 Å². The van der Waals surface area contributed by atoms with E-state index in [9.17, 15) is 4.79 Å². The van der Waals surface area contributed by atoms with E-state index in [-0.39, 0.29) is 19.6 Å². The number of rotatable bonds is 13. The number of nitrogens with one attached hydrogen (secondary N) is 1. The van der Waals surface area contributed by atoms with E-state index >= 15 is 4.39 Å². The summed E-state index contributed by atoms with van der Waals surface area (Å²) in [6.45, 7) is 9.25. The van der Waals surface area contributed by atoms with E-state index in [4.69, 9.17) is 19.9 Å². The lowest BCUT2D eigenvalue weighted by molar-refractivity contribution is 0.0744. The van der Waals surface area contributed by atoms with Crippen molar-refractivity contribution in [2.45, 2.75) is 39.7 Å². The number of benzene rings is 2. The number of allylic oxidation sites excluding steroid dienone is 1. The summed E-state index contributed by atoms with van der Waals surface area (Å²) in [5.74, 6) is 0.325. The Hall–Kier alpha value is -4.02. The molecular formula is C31H42FN5O4. The number of carbonyl (C=O) groups excluding carboxylic acids is 1. The number of ether oxygens (including phenoxy) is 3. The number of likely N-dealkylation sites (N-methyl/N-ethyl adjacent to an activating group) is 1. The normalized spacial score (nSPS) is 12.2. The van der Waals surface area contributed by atoms with E-state index < -0.39 is 5.82 Å². The molecule has 222 valence electrons. The number of amides is 1. The van der Waals surface area contributed by atoms with Crippen molar-refractivity contribution in [3.63, 3.8) is 0 Å². The fourth-order valence-corrected chi connectivity index (χ4v) is 3.84. The zero-order chi connectivity index (χ0) is 30.0. The number of methoxy groups -OCH3 is 1. The Morgan fingerprint density at radius 1 is 1.20 bits per heavy atom. The number of aliphatic imine (C=N–C) groups is 1. The van der Waals surface area contributed by atoms with Gasteiger partial charge in [-0.2, -0.15) is 0 Å². The number of carbonyl (C=O) groups is 1. The van der Waals surface area contributed by atoms with E-state index in [0.29, 0.717) is 65.4 Å². The molecule has 3 aromatic rings. The fraction of sp³-hybridized carbons (Fsp3) is 0.387. The number of nitrogens with two attached hydrogens (primary N) is 1. The number of hydrogen-bond donors (Lipinski definition) is 2. The van der Waals surface area contributed by atoms with E-state index in [1.165, 1.54) is 12.3 Å². The molecule has 2 aromatic carbocycles. The summed E-state index contributed by atoms with van der Waals surface area (Å²) in [5.41, 5.74) is 8.51. The molecule has 0 radical (unpaired) electrons. The first-order chi connectivity index (χ1) is 19.5. The zero-order valence-corrected chi connectivity index (χ0v) is 24.7. The van der Waals surface area contributed by atoms with Gasteiger partial charge in [-0.1, -0.05) is 0 Å². The third kappa shape index (κ3) is 9.26. The first-order valence-electron chi connectivity index (χ1n) is 13.4. The van der Waals surface area contributed by atoms with Crippen LogP contribution in [0.25, 0.3) is 10.9 Å². The number of nitrogens with zero attached hydrogens (tertiary/aromatic N) is 3. The topological polar surface area (TPSA) is 111 Å². The smallest absolute Gasteiger partial charge is 0.253 e. The Morgan fingerprint density at radius 2 is 1.98 bits per heavy atom. The van der Waals surface area contributed by atoms with Crippen molar-refractivity contribution in [2.75, 3.05) is 40.6 Å². The van der Waals surface area contributed by atoms with Gasteiger partial charge in [0.1, 0.15) is 24.0 Å². The quantitative estimate of drug-likeness (QED) is 0.166. The van der Waals surface area contributed by atoms with Gasteiger partial charge in [-0.25, -0.2) is 4.39 Å². The molecule has 41 heavy (non-hydrogen) atoms. The highest BCUT2D eigenvalue weighted by atomic mass is 19.1. The molecule has 0 aliphatic carbocycles. The van der Waals surface area contributed by atoms with Crippen LogP contribution in [0.5, 0.6) is 11.5 Å². The highest BCUT2D eigenvalue weighted by Gasteiger charge is 2.16. The first-order valence-corrected chi connectivity index (χ1v) is 13.4. The Labute approximate surface area is 242 Å². The van der Waals surface area contributed by atoms with Crippen LogP contribution in [0.15, 0.2) is 59.5 Å². The molecule has 0 saturated carbocycles. The van der Waals surface area contributed by atoms with Crippen molar-refractivity contribution in [2.24, 2.45) is 10.7 Å². The average Bonchev–Trinajstić information content (AvgIpc) is 2.94. The summed E-state index contributed by atoms with van der Waals surface area (Å²) in [5, 5.41) is 3.70. The number of pyridine rings is 1. The van der Waals surface area contributed by atoms with E-state index in [1.54, 1.807) is 61.8 Å². The monoisotopic (exact) mass is 567 g/mol. The van der Waals surface area contributed by atoms with Crippen LogP contribution in [0.2, 0.25) is 0 Å². The fourth-order valence-electron chi connectivity index (χ4n) is 3.84. The summed E-state index contributed by atoms with van der Waals surface area (Å²) < 4.78 is 31.9. The van der Waals surface area contributed by atoms with Crippen molar-refractivity contribution in [1.29, 1.82) is 0 Å². The molecule has 0 bridgehead atoms. The Balaban J connectivity index is 0.00000616. The Kier molecular flexibility index (Phi) is 11.2. The SMILES string of the molecule is COCCN(C)C(=O)c1ccc2nccc(Oc3cc(F)c(CCOCN/C(C=NC(C)(C)C)=C/N)cc3C)c2c1.[HH]. The molecule has 1 aromatic heterocycles. The summed E-state index contributed by atoms with van der Waals surface area (Å²) in [6, 6.07) is 10.1. The van der Waals surface area contributed by atoms with Crippen LogP contribution in [0.3, 0.4) is 0 Å². The number of aryl methyl sites for hydroxylation is 1. The van der Waals surface area contributed by atoms with Gasteiger partial charge >= 0.3 is 0 Å². The molecule has 1 amide bonds. The van der Waals surface area contributed by atoms with Gasteiger partial charge < -0.3 is 30.2 Å². The maximum Gasteiger partial charge on any atom is 0.253 e. The number of halogens is 1. The second-order valence-electron chi connectivity index (χ2n) is 10.6. The molecular weight excluding hydrogens is 525 g/mol. The number of aromatic nitrogens is 1. The van der Waals surface area contributed by atoms with Gasteiger partial charge in [-0.3, -0.25) is 14.8 Å². The van der Waals surface area contributed by atoms with Crippen LogP contribution < -0.4 is 15.8 Å². The third-order valence-corrected chi connectivity index (χ3v) is 6.15. The Morgan fingerprint density at radius 3 is 2.68 bits per heavy atom. The predicted molar refractivity (Wildman–Crippen MR) is 162 cm³/mol. The number of fused-ring (bicyclic) bond motifs is 1. The average molecular weight is 568 g/mol. The van der Waals surface area contributed by atoms with Crippen molar-refractivity contribution in [3.8, 4) is 11.5 Å². The molecule has 0 aliphatic rings. The lowest BCUT2D eigenvalue weighted by Crippen LogP contribution is -2.29.